The summed E-state index contributed by atoms with van der Waals surface area (Å²) in [5.41, 5.74) is 1.24. The van der Waals surface area contributed by atoms with Gasteiger partial charge >= 0.3 is 0 Å². The summed E-state index contributed by atoms with van der Waals surface area (Å²) >= 11 is 0. The lowest BCUT2D eigenvalue weighted by atomic mass is 10.1. The third-order valence-corrected chi connectivity index (χ3v) is 2.74. The molecule has 1 heterocycles. The smallest absolute Gasteiger partial charge is 0.0478 e. The first kappa shape index (κ1) is 14.1. The van der Waals surface area contributed by atoms with E-state index >= 15 is 0 Å². The van der Waals surface area contributed by atoms with Gasteiger partial charge in [0, 0.05) is 31.6 Å². The molecule has 0 radical (unpaired) electrons. The summed E-state index contributed by atoms with van der Waals surface area (Å²) in [6, 6.07) is 4.43. The van der Waals surface area contributed by atoms with Crippen molar-refractivity contribution in [2.45, 2.75) is 39.2 Å². The van der Waals surface area contributed by atoms with Crippen LogP contribution in [-0.4, -0.2) is 24.7 Å². The second kappa shape index (κ2) is 9.14. The number of hydrogen-bond acceptors (Lipinski definition) is 3. The van der Waals surface area contributed by atoms with Crippen LogP contribution in [0.4, 0.5) is 0 Å². The highest BCUT2D eigenvalue weighted by Gasteiger charge is 2.02. The second-order valence-corrected chi connectivity index (χ2v) is 4.28. The fourth-order valence-electron chi connectivity index (χ4n) is 1.59. The van der Waals surface area contributed by atoms with Gasteiger partial charge in [-0.05, 0) is 37.9 Å². The number of rotatable bonds is 9. The van der Waals surface area contributed by atoms with Crippen molar-refractivity contribution in [3.05, 3.63) is 30.1 Å². The molecular weight excluding hydrogens is 212 g/mol. The van der Waals surface area contributed by atoms with Gasteiger partial charge in [0.25, 0.3) is 0 Å². The van der Waals surface area contributed by atoms with Crippen LogP contribution >= 0.6 is 0 Å². The van der Waals surface area contributed by atoms with Crippen molar-refractivity contribution in [2.75, 3.05) is 19.8 Å². The molecule has 0 spiro atoms. The van der Waals surface area contributed by atoms with Gasteiger partial charge in [0.1, 0.15) is 0 Å². The maximum atomic E-state index is 5.51. The van der Waals surface area contributed by atoms with Crippen molar-refractivity contribution >= 4 is 0 Å². The standard InChI is InChI=1S/C14H24N2O/c1-3-4-10-17-11-6-9-16-13(2)14-7-5-8-15-12-14/h5,7-8,12-13,16H,3-4,6,9-11H2,1-2H3. The quantitative estimate of drug-likeness (QED) is 0.669. The van der Waals surface area contributed by atoms with E-state index in [1.54, 1.807) is 6.20 Å². The van der Waals surface area contributed by atoms with E-state index in [0.29, 0.717) is 6.04 Å². The molecule has 1 atom stereocenters. The van der Waals surface area contributed by atoms with Gasteiger partial charge in [-0.1, -0.05) is 19.4 Å². The summed E-state index contributed by atoms with van der Waals surface area (Å²) in [5.74, 6) is 0. The van der Waals surface area contributed by atoms with E-state index in [4.69, 9.17) is 4.74 Å². The Hall–Kier alpha value is -0.930. The molecule has 3 heteroatoms. The molecule has 3 nitrogen and oxygen atoms in total. The van der Waals surface area contributed by atoms with E-state index in [1.807, 2.05) is 12.3 Å². The van der Waals surface area contributed by atoms with Crippen molar-refractivity contribution in [2.24, 2.45) is 0 Å². The summed E-state index contributed by atoms with van der Waals surface area (Å²) in [6.45, 7) is 7.08. The van der Waals surface area contributed by atoms with Crippen molar-refractivity contribution < 1.29 is 4.74 Å². The average molecular weight is 236 g/mol. The summed E-state index contributed by atoms with van der Waals surface area (Å²) in [5, 5.41) is 3.47. The lowest BCUT2D eigenvalue weighted by Crippen LogP contribution is -2.21. The molecule has 0 aliphatic rings. The maximum absolute atomic E-state index is 5.51. The Morgan fingerprint density at radius 1 is 1.35 bits per heavy atom. The molecule has 0 fully saturated rings. The minimum absolute atomic E-state index is 0.361. The van der Waals surface area contributed by atoms with Crippen molar-refractivity contribution in [3.63, 3.8) is 0 Å². The molecule has 0 aliphatic carbocycles. The van der Waals surface area contributed by atoms with E-state index in [0.717, 1.165) is 26.2 Å². The Kier molecular flexibility index (Phi) is 7.60. The Morgan fingerprint density at radius 2 is 2.18 bits per heavy atom. The first-order valence-corrected chi connectivity index (χ1v) is 6.55. The van der Waals surface area contributed by atoms with Gasteiger partial charge in [-0.15, -0.1) is 0 Å². The molecule has 0 saturated heterocycles. The maximum Gasteiger partial charge on any atom is 0.0478 e. The number of ether oxygens (including phenoxy) is 1. The average Bonchev–Trinajstić information content (AvgIpc) is 2.38. The third-order valence-electron chi connectivity index (χ3n) is 2.74. The van der Waals surface area contributed by atoms with E-state index in [2.05, 4.69) is 30.2 Å². The molecule has 17 heavy (non-hydrogen) atoms. The summed E-state index contributed by atoms with van der Waals surface area (Å²) in [4.78, 5) is 4.12. The van der Waals surface area contributed by atoms with Gasteiger partial charge < -0.3 is 10.1 Å². The Labute approximate surface area is 105 Å². The zero-order chi connectivity index (χ0) is 12.3. The molecule has 1 rings (SSSR count). The van der Waals surface area contributed by atoms with Gasteiger partial charge in [-0.2, -0.15) is 0 Å². The molecule has 1 unspecified atom stereocenters. The van der Waals surface area contributed by atoms with Gasteiger partial charge in [-0.25, -0.2) is 0 Å². The van der Waals surface area contributed by atoms with Crippen LogP contribution in [-0.2, 0) is 4.74 Å². The summed E-state index contributed by atoms with van der Waals surface area (Å²) in [6.07, 6.45) is 7.15. The van der Waals surface area contributed by atoms with Crippen molar-refractivity contribution in [1.29, 1.82) is 0 Å². The zero-order valence-electron chi connectivity index (χ0n) is 11.0. The molecule has 0 aromatic carbocycles. The minimum atomic E-state index is 0.361. The molecule has 0 amide bonds. The van der Waals surface area contributed by atoms with Crippen LogP contribution in [0.3, 0.4) is 0 Å². The van der Waals surface area contributed by atoms with Gasteiger partial charge in [-0.3, -0.25) is 4.98 Å². The van der Waals surface area contributed by atoms with Crippen LogP contribution < -0.4 is 5.32 Å². The first-order chi connectivity index (χ1) is 8.34. The predicted octanol–water partition coefficient (Wildman–Crippen LogP) is 2.94. The topological polar surface area (TPSA) is 34.1 Å². The zero-order valence-corrected chi connectivity index (χ0v) is 11.0. The third kappa shape index (κ3) is 6.39. The van der Waals surface area contributed by atoms with Crippen LogP contribution in [0.5, 0.6) is 0 Å². The van der Waals surface area contributed by atoms with Crippen LogP contribution in [0.1, 0.15) is 44.7 Å². The minimum Gasteiger partial charge on any atom is -0.381 e. The van der Waals surface area contributed by atoms with E-state index in [1.165, 1.54) is 18.4 Å². The Bertz CT molecular complexity index is 277. The lowest BCUT2D eigenvalue weighted by molar-refractivity contribution is 0.128. The second-order valence-electron chi connectivity index (χ2n) is 4.28. The number of nitrogens with zero attached hydrogens (tertiary/aromatic N) is 1. The molecule has 0 bridgehead atoms. The van der Waals surface area contributed by atoms with E-state index < -0.39 is 0 Å². The van der Waals surface area contributed by atoms with E-state index in [9.17, 15) is 0 Å². The lowest BCUT2D eigenvalue weighted by Gasteiger charge is -2.13. The predicted molar refractivity (Wildman–Crippen MR) is 71.0 cm³/mol. The fourth-order valence-corrected chi connectivity index (χ4v) is 1.59. The Balaban J connectivity index is 2.03. The Morgan fingerprint density at radius 3 is 2.88 bits per heavy atom. The summed E-state index contributed by atoms with van der Waals surface area (Å²) in [7, 11) is 0. The molecular formula is C14H24N2O. The molecule has 0 aliphatic heterocycles. The molecule has 1 N–H and O–H groups in total. The van der Waals surface area contributed by atoms with Gasteiger partial charge in [0.2, 0.25) is 0 Å². The molecule has 96 valence electrons. The first-order valence-electron chi connectivity index (χ1n) is 6.55. The van der Waals surface area contributed by atoms with Crippen LogP contribution in [0.25, 0.3) is 0 Å². The number of hydrogen-bond donors (Lipinski definition) is 1. The van der Waals surface area contributed by atoms with Crippen LogP contribution in [0.15, 0.2) is 24.5 Å². The highest BCUT2D eigenvalue weighted by Crippen LogP contribution is 2.09. The van der Waals surface area contributed by atoms with Gasteiger partial charge in [0.15, 0.2) is 0 Å². The van der Waals surface area contributed by atoms with Crippen molar-refractivity contribution in [3.8, 4) is 0 Å². The van der Waals surface area contributed by atoms with Gasteiger partial charge in [0.05, 0.1) is 0 Å². The number of aromatic nitrogens is 1. The normalized spacial score (nSPS) is 12.6. The highest BCUT2D eigenvalue weighted by atomic mass is 16.5. The molecule has 0 saturated carbocycles. The number of pyridine rings is 1. The van der Waals surface area contributed by atoms with E-state index in [-0.39, 0.29) is 0 Å². The number of unbranched alkanes of at least 4 members (excludes halogenated alkanes) is 1. The monoisotopic (exact) mass is 236 g/mol. The highest BCUT2D eigenvalue weighted by molar-refractivity contribution is 5.12. The van der Waals surface area contributed by atoms with Crippen LogP contribution in [0, 0.1) is 0 Å². The number of nitrogens with one attached hydrogen (secondary N) is 1. The SMILES string of the molecule is CCCCOCCCNC(C)c1cccnc1. The fraction of sp³-hybridized carbons (Fsp3) is 0.643. The summed E-state index contributed by atoms with van der Waals surface area (Å²) < 4.78 is 5.51. The van der Waals surface area contributed by atoms with Crippen LogP contribution in [0.2, 0.25) is 0 Å². The largest absolute Gasteiger partial charge is 0.381 e. The molecule has 1 aromatic rings. The molecule has 1 aromatic heterocycles. The van der Waals surface area contributed by atoms with Crippen molar-refractivity contribution in [1.82, 2.24) is 10.3 Å².